The van der Waals surface area contributed by atoms with Gasteiger partial charge in [0, 0.05) is 12.7 Å². The molecular weight excluding hydrogens is 231 g/mol. The molecule has 1 heterocycles. The molecule has 1 N–H and O–H groups in total. The first kappa shape index (κ1) is 14.0. The summed E-state index contributed by atoms with van der Waals surface area (Å²) in [6.45, 7) is 5.44. The Kier molecular flexibility index (Phi) is 4.99. The second-order valence-electron chi connectivity index (χ2n) is 4.09. The molecule has 0 aliphatic heterocycles. The summed E-state index contributed by atoms with van der Waals surface area (Å²) < 4.78 is 38.3. The van der Waals surface area contributed by atoms with Crippen molar-refractivity contribution in [2.45, 2.75) is 38.9 Å². The van der Waals surface area contributed by atoms with Crippen LogP contribution in [-0.4, -0.2) is 22.9 Å². The molecule has 0 aliphatic carbocycles. The van der Waals surface area contributed by atoms with Gasteiger partial charge in [-0.05, 0) is 26.0 Å². The van der Waals surface area contributed by atoms with Crippen LogP contribution in [0, 0.1) is 0 Å². The topological polar surface area (TPSA) is 29.9 Å². The van der Waals surface area contributed by atoms with E-state index < -0.39 is 11.9 Å². The number of rotatable bonds is 6. The summed E-state index contributed by atoms with van der Waals surface area (Å²) in [5.41, 5.74) is -0.835. The van der Waals surface area contributed by atoms with Gasteiger partial charge >= 0.3 is 6.18 Å². The van der Waals surface area contributed by atoms with Crippen molar-refractivity contribution >= 4 is 0 Å². The largest absolute Gasteiger partial charge is 0.435 e. The first-order chi connectivity index (χ1) is 7.95. The third-order valence-electron chi connectivity index (χ3n) is 2.50. The number of aromatic nitrogens is 2. The van der Waals surface area contributed by atoms with Crippen molar-refractivity contribution in [1.29, 1.82) is 0 Å². The molecule has 1 atom stereocenters. The zero-order valence-corrected chi connectivity index (χ0v) is 10.1. The quantitative estimate of drug-likeness (QED) is 0.786. The molecule has 0 saturated heterocycles. The fourth-order valence-electron chi connectivity index (χ4n) is 1.44. The monoisotopic (exact) mass is 249 g/mol. The predicted octanol–water partition coefficient (Wildman–Crippen LogP) is 2.85. The normalized spacial score (nSPS) is 13.9. The maximum absolute atomic E-state index is 12.3. The number of nitrogens with one attached hydrogen (secondary N) is 1. The van der Waals surface area contributed by atoms with E-state index in [1.54, 1.807) is 0 Å². The molecule has 1 unspecified atom stereocenters. The molecule has 1 aromatic heterocycles. The third-order valence-corrected chi connectivity index (χ3v) is 2.50. The lowest BCUT2D eigenvalue weighted by Gasteiger charge is -2.13. The fraction of sp³-hybridized carbons (Fsp3) is 0.727. The first-order valence-corrected chi connectivity index (χ1v) is 5.78. The van der Waals surface area contributed by atoms with Crippen LogP contribution in [0.1, 0.15) is 38.4 Å². The van der Waals surface area contributed by atoms with Gasteiger partial charge in [0.25, 0.3) is 0 Å². The van der Waals surface area contributed by atoms with Gasteiger partial charge < -0.3 is 5.32 Å². The Labute approximate surface area is 99.0 Å². The van der Waals surface area contributed by atoms with Gasteiger partial charge in [0.05, 0.1) is 6.04 Å². The number of halogens is 3. The standard InChI is InChI=1S/C11H18F3N3/c1-3-4-6-15-8-9(2)17-7-5-10(16-17)11(12,13)14/h5,7,9,15H,3-4,6,8H2,1-2H3. The first-order valence-electron chi connectivity index (χ1n) is 5.78. The summed E-state index contributed by atoms with van der Waals surface area (Å²) >= 11 is 0. The molecule has 17 heavy (non-hydrogen) atoms. The van der Waals surface area contributed by atoms with Gasteiger partial charge in [0.1, 0.15) is 0 Å². The summed E-state index contributed by atoms with van der Waals surface area (Å²) in [5.74, 6) is 0. The Balaban J connectivity index is 2.47. The van der Waals surface area contributed by atoms with Crippen LogP contribution in [0.5, 0.6) is 0 Å². The van der Waals surface area contributed by atoms with E-state index in [0.29, 0.717) is 6.54 Å². The summed E-state index contributed by atoms with van der Waals surface area (Å²) in [6, 6.07) is 0.922. The van der Waals surface area contributed by atoms with E-state index in [1.807, 2.05) is 6.92 Å². The summed E-state index contributed by atoms with van der Waals surface area (Å²) in [5, 5.41) is 6.72. The highest BCUT2D eigenvalue weighted by Gasteiger charge is 2.33. The van der Waals surface area contributed by atoms with Crippen molar-refractivity contribution in [2.75, 3.05) is 13.1 Å². The van der Waals surface area contributed by atoms with E-state index >= 15 is 0 Å². The van der Waals surface area contributed by atoms with Crippen LogP contribution in [0.4, 0.5) is 13.2 Å². The molecule has 1 aromatic rings. The summed E-state index contributed by atoms with van der Waals surface area (Å²) in [4.78, 5) is 0. The molecule has 0 aliphatic rings. The lowest BCUT2D eigenvalue weighted by molar-refractivity contribution is -0.141. The van der Waals surface area contributed by atoms with Crippen molar-refractivity contribution in [1.82, 2.24) is 15.1 Å². The minimum absolute atomic E-state index is 0.0806. The van der Waals surface area contributed by atoms with E-state index in [1.165, 1.54) is 10.9 Å². The molecule has 0 aromatic carbocycles. The lowest BCUT2D eigenvalue weighted by atomic mass is 10.3. The van der Waals surface area contributed by atoms with Crippen LogP contribution in [0.2, 0.25) is 0 Å². The molecule has 1 rings (SSSR count). The minimum atomic E-state index is -4.36. The number of nitrogens with zero attached hydrogens (tertiary/aromatic N) is 2. The van der Waals surface area contributed by atoms with Crippen LogP contribution in [0.25, 0.3) is 0 Å². The Morgan fingerprint density at radius 2 is 2.18 bits per heavy atom. The molecule has 0 radical (unpaired) electrons. The zero-order chi connectivity index (χ0) is 12.9. The number of unbranched alkanes of at least 4 members (excludes halogenated alkanes) is 1. The van der Waals surface area contributed by atoms with Crippen molar-refractivity contribution in [3.8, 4) is 0 Å². The highest BCUT2D eigenvalue weighted by molar-refractivity contribution is 5.03. The van der Waals surface area contributed by atoms with Gasteiger partial charge in [-0.1, -0.05) is 13.3 Å². The Morgan fingerprint density at radius 1 is 1.47 bits per heavy atom. The Bertz CT molecular complexity index is 333. The molecule has 3 nitrogen and oxygen atoms in total. The van der Waals surface area contributed by atoms with Crippen LogP contribution < -0.4 is 5.32 Å². The van der Waals surface area contributed by atoms with Gasteiger partial charge in [0.2, 0.25) is 0 Å². The Morgan fingerprint density at radius 3 is 2.71 bits per heavy atom. The van der Waals surface area contributed by atoms with E-state index in [4.69, 9.17) is 0 Å². The second-order valence-corrected chi connectivity index (χ2v) is 4.09. The predicted molar refractivity (Wildman–Crippen MR) is 59.7 cm³/mol. The van der Waals surface area contributed by atoms with Crippen LogP contribution in [0.15, 0.2) is 12.3 Å². The fourth-order valence-corrected chi connectivity index (χ4v) is 1.44. The highest BCUT2D eigenvalue weighted by Crippen LogP contribution is 2.27. The second kappa shape index (κ2) is 6.05. The van der Waals surface area contributed by atoms with Crippen molar-refractivity contribution in [3.05, 3.63) is 18.0 Å². The lowest BCUT2D eigenvalue weighted by Crippen LogP contribution is -2.25. The van der Waals surface area contributed by atoms with Crippen molar-refractivity contribution in [3.63, 3.8) is 0 Å². The smallest absolute Gasteiger partial charge is 0.315 e. The third kappa shape index (κ3) is 4.38. The average molecular weight is 249 g/mol. The van der Waals surface area contributed by atoms with Gasteiger partial charge in [-0.2, -0.15) is 18.3 Å². The summed E-state index contributed by atoms with van der Waals surface area (Å²) in [7, 11) is 0. The molecule has 0 fully saturated rings. The molecule has 0 saturated carbocycles. The highest BCUT2D eigenvalue weighted by atomic mass is 19.4. The van der Waals surface area contributed by atoms with Crippen molar-refractivity contribution < 1.29 is 13.2 Å². The van der Waals surface area contributed by atoms with Crippen molar-refractivity contribution in [2.24, 2.45) is 0 Å². The molecule has 0 bridgehead atoms. The average Bonchev–Trinajstić information content (AvgIpc) is 2.72. The maximum Gasteiger partial charge on any atom is 0.435 e. The maximum atomic E-state index is 12.3. The molecule has 6 heteroatoms. The molecule has 0 amide bonds. The van der Waals surface area contributed by atoms with E-state index in [9.17, 15) is 13.2 Å². The molecule has 0 spiro atoms. The van der Waals surface area contributed by atoms with Crippen LogP contribution >= 0.6 is 0 Å². The van der Waals surface area contributed by atoms with Crippen LogP contribution in [0.3, 0.4) is 0 Å². The van der Waals surface area contributed by atoms with Gasteiger partial charge in [-0.3, -0.25) is 4.68 Å². The zero-order valence-electron chi connectivity index (χ0n) is 10.1. The number of hydrogen-bond acceptors (Lipinski definition) is 2. The summed E-state index contributed by atoms with van der Waals surface area (Å²) in [6.07, 6.45) is -0.823. The number of alkyl halides is 3. The van der Waals surface area contributed by atoms with Gasteiger partial charge in [-0.25, -0.2) is 0 Å². The van der Waals surface area contributed by atoms with Gasteiger partial charge in [0.15, 0.2) is 5.69 Å². The van der Waals surface area contributed by atoms with Gasteiger partial charge in [-0.15, -0.1) is 0 Å². The van der Waals surface area contributed by atoms with Crippen LogP contribution in [-0.2, 0) is 6.18 Å². The van der Waals surface area contributed by atoms with E-state index in [2.05, 4.69) is 17.3 Å². The Hall–Kier alpha value is -1.04. The van der Waals surface area contributed by atoms with E-state index in [0.717, 1.165) is 25.5 Å². The molecule has 98 valence electrons. The molecular formula is C11H18F3N3. The minimum Gasteiger partial charge on any atom is -0.315 e. The number of hydrogen-bond donors (Lipinski definition) is 1. The SMILES string of the molecule is CCCCNCC(C)n1ccc(C(F)(F)F)n1. The van der Waals surface area contributed by atoms with E-state index in [-0.39, 0.29) is 6.04 Å².